The van der Waals surface area contributed by atoms with Crippen LogP contribution in [0.15, 0.2) is 35.6 Å². The van der Waals surface area contributed by atoms with Crippen LogP contribution in [0.1, 0.15) is 5.69 Å². The lowest BCUT2D eigenvalue weighted by Crippen LogP contribution is -1.90. The molecule has 0 aliphatic carbocycles. The van der Waals surface area contributed by atoms with E-state index in [1.54, 1.807) is 13.3 Å². The number of pyridine rings is 1. The SMILES string of the molecule is COc1ccc2ccnc(C=NO)c2c1. The number of aromatic nitrogens is 1. The zero-order valence-electron chi connectivity index (χ0n) is 8.21. The molecular weight excluding hydrogens is 192 g/mol. The highest BCUT2D eigenvalue weighted by Gasteiger charge is 2.01. The number of fused-ring (bicyclic) bond motifs is 1. The summed E-state index contributed by atoms with van der Waals surface area (Å²) >= 11 is 0. The van der Waals surface area contributed by atoms with Crippen molar-refractivity contribution in [1.29, 1.82) is 0 Å². The average molecular weight is 202 g/mol. The number of hydrogen-bond acceptors (Lipinski definition) is 4. The summed E-state index contributed by atoms with van der Waals surface area (Å²) in [4.78, 5) is 4.11. The zero-order chi connectivity index (χ0) is 10.7. The Morgan fingerprint density at radius 1 is 1.40 bits per heavy atom. The van der Waals surface area contributed by atoms with Crippen molar-refractivity contribution < 1.29 is 9.94 Å². The van der Waals surface area contributed by atoms with Gasteiger partial charge in [-0.15, -0.1) is 0 Å². The van der Waals surface area contributed by atoms with Gasteiger partial charge in [0.1, 0.15) is 5.75 Å². The lowest BCUT2D eigenvalue weighted by molar-refractivity contribution is 0.321. The van der Waals surface area contributed by atoms with Crippen molar-refractivity contribution in [3.63, 3.8) is 0 Å². The first-order valence-electron chi connectivity index (χ1n) is 4.45. The molecule has 0 unspecified atom stereocenters. The first kappa shape index (κ1) is 9.45. The normalized spacial score (nSPS) is 11.0. The number of nitrogens with zero attached hydrogens (tertiary/aromatic N) is 2. The fraction of sp³-hybridized carbons (Fsp3) is 0.0909. The highest BCUT2D eigenvalue weighted by atomic mass is 16.5. The maximum absolute atomic E-state index is 8.50. The minimum absolute atomic E-state index is 0.619. The second-order valence-electron chi connectivity index (χ2n) is 3.03. The van der Waals surface area contributed by atoms with E-state index < -0.39 is 0 Å². The van der Waals surface area contributed by atoms with Crippen LogP contribution in [0, 0.1) is 0 Å². The van der Waals surface area contributed by atoms with Crippen LogP contribution in [0.25, 0.3) is 10.8 Å². The predicted octanol–water partition coefficient (Wildman–Crippen LogP) is 2.05. The fourth-order valence-electron chi connectivity index (χ4n) is 1.45. The summed E-state index contributed by atoms with van der Waals surface area (Å²) in [5, 5.41) is 13.4. The van der Waals surface area contributed by atoms with Gasteiger partial charge in [0.2, 0.25) is 0 Å². The standard InChI is InChI=1S/C11H10N2O2/c1-15-9-3-2-8-4-5-12-11(7-13-14)10(8)6-9/h2-7,14H,1H3. The van der Waals surface area contributed by atoms with Crippen LogP contribution in [-0.4, -0.2) is 23.5 Å². The molecule has 0 bridgehead atoms. The number of benzene rings is 1. The molecule has 0 atom stereocenters. The third-order valence-corrected chi connectivity index (χ3v) is 2.18. The van der Waals surface area contributed by atoms with Crippen LogP contribution in [0.4, 0.5) is 0 Å². The van der Waals surface area contributed by atoms with Gasteiger partial charge in [-0.05, 0) is 23.6 Å². The Labute approximate surface area is 86.8 Å². The summed E-state index contributed by atoms with van der Waals surface area (Å²) in [6, 6.07) is 7.57. The Morgan fingerprint density at radius 3 is 3.00 bits per heavy atom. The van der Waals surface area contributed by atoms with E-state index in [9.17, 15) is 0 Å². The quantitative estimate of drug-likeness (QED) is 0.460. The van der Waals surface area contributed by atoms with E-state index in [1.807, 2.05) is 24.3 Å². The van der Waals surface area contributed by atoms with Crippen LogP contribution in [-0.2, 0) is 0 Å². The van der Waals surface area contributed by atoms with Gasteiger partial charge in [-0.25, -0.2) is 0 Å². The monoisotopic (exact) mass is 202 g/mol. The number of methoxy groups -OCH3 is 1. The van der Waals surface area contributed by atoms with E-state index in [0.29, 0.717) is 5.69 Å². The molecule has 4 heteroatoms. The summed E-state index contributed by atoms with van der Waals surface area (Å²) < 4.78 is 5.12. The minimum atomic E-state index is 0.619. The van der Waals surface area contributed by atoms with Crippen LogP contribution in [0.3, 0.4) is 0 Å². The molecule has 0 radical (unpaired) electrons. The molecule has 1 N–H and O–H groups in total. The maximum atomic E-state index is 8.50. The second-order valence-corrected chi connectivity index (χ2v) is 3.03. The van der Waals surface area contributed by atoms with Crippen molar-refractivity contribution in [3.8, 4) is 5.75 Å². The molecule has 1 aromatic carbocycles. The van der Waals surface area contributed by atoms with Crippen LogP contribution in [0.5, 0.6) is 5.75 Å². The molecule has 0 spiro atoms. The van der Waals surface area contributed by atoms with E-state index in [2.05, 4.69) is 10.1 Å². The zero-order valence-corrected chi connectivity index (χ0v) is 8.21. The molecule has 0 saturated heterocycles. The lowest BCUT2D eigenvalue weighted by Gasteiger charge is -2.03. The van der Waals surface area contributed by atoms with E-state index in [0.717, 1.165) is 16.5 Å². The Balaban J connectivity index is 2.70. The summed E-state index contributed by atoms with van der Waals surface area (Å²) in [7, 11) is 1.61. The molecule has 0 saturated carbocycles. The first-order chi connectivity index (χ1) is 7.35. The van der Waals surface area contributed by atoms with Gasteiger partial charge in [0.25, 0.3) is 0 Å². The Hall–Kier alpha value is -2.10. The lowest BCUT2D eigenvalue weighted by atomic mass is 10.1. The molecule has 4 nitrogen and oxygen atoms in total. The molecular formula is C11H10N2O2. The summed E-state index contributed by atoms with van der Waals surface area (Å²) in [5.41, 5.74) is 0.619. The molecule has 1 aromatic heterocycles. The highest BCUT2D eigenvalue weighted by molar-refractivity contribution is 5.98. The topological polar surface area (TPSA) is 54.7 Å². The minimum Gasteiger partial charge on any atom is -0.497 e. The average Bonchev–Trinajstić information content (AvgIpc) is 2.29. The molecule has 15 heavy (non-hydrogen) atoms. The Kier molecular flexibility index (Phi) is 2.49. The number of ether oxygens (including phenoxy) is 1. The van der Waals surface area contributed by atoms with E-state index in [4.69, 9.17) is 9.94 Å². The van der Waals surface area contributed by atoms with Gasteiger partial charge in [-0.1, -0.05) is 11.2 Å². The molecule has 76 valence electrons. The molecule has 0 amide bonds. The van der Waals surface area contributed by atoms with Gasteiger partial charge in [0, 0.05) is 11.6 Å². The van der Waals surface area contributed by atoms with Crippen molar-refractivity contribution in [2.75, 3.05) is 7.11 Å². The molecule has 0 fully saturated rings. The van der Waals surface area contributed by atoms with Crippen molar-refractivity contribution >= 4 is 17.0 Å². The largest absolute Gasteiger partial charge is 0.497 e. The van der Waals surface area contributed by atoms with Gasteiger partial charge >= 0.3 is 0 Å². The molecule has 2 aromatic rings. The second kappa shape index (κ2) is 3.96. The van der Waals surface area contributed by atoms with Crippen molar-refractivity contribution in [1.82, 2.24) is 4.98 Å². The van der Waals surface area contributed by atoms with Crippen LogP contribution < -0.4 is 4.74 Å². The molecule has 2 rings (SSSR count). The molecule has 0 aliphatic rings. The van der Waals surface area contributed by atoms with Gasteiger partial charge in [-0.3, -0.25) is 4.98 Å². The predicted molar refractivity (Wildman–Crippen MR) is 57.7 cm³/mol. The summed E-state index contributed by atoms with van der Waals surface area (Å²) in [6.07, 6.45) is 2.98. The van der Waals surface area contributed by atoms with Crippen LogP contribution in [0.2, 0.25) is 0 Å². The maximum Gasteiger partial charge on any atom is 0.119 e. The third-order valence-electron chi connectivity index (χ3n) is 2.18. The van der Waals surface area contributed by atoms with Gasteiger partial charge in [0.05, 0.1) is 19.0 Å². The number of oxime groups is 1. The van der Waals surface area contributed by atoms with Gasteiger partial charge in [0.15, 0.2) is 0 Å². The Morgan fingerprint density at radius 2 is 2.27 bits per heavy atom. The summed E-state index contributed by atoms with van der Waals surface area (Å²) in [5.74, 6) is 0.753. The Bertz CT molecular complexity index is 509. The van der Waals surface area contributed by atoms with Gasteiger partial charge in [-0.2, -0.15) is 0 Å². The summed E-state index contributed by atoms with van der Waals surface area (Å²) in [6.45, 7) is 0. The van der Waals surface area contributed by atoms with Gasteiger partial charge < -0.3 is 9.94 Å². The van der Waals surface area contributed by atoms with Crippen molar-refractivity contribution in [2.24, 2.45) is 5.16 Å². The number of rotatable bonds is 2. The van der Waals surface area contributed by atoms with Crippen molar-refractivity contribution in [2.45, 2.75) is 0 Å². The third kappa shape index (κ3) is 1.74. The van der Waals surface area contributed by atoms with E-state index >= 15 is 0 Å². The van der Waals surface area contributed by atoms with Crippen LogP contribution >= 0.6 is 0 Å². The van der Waals surface area contributed by atoms with E-state index in [1.165, 1.54) is 6.21 Å². The molecule has 0 aliphatic heterocycles. The number of hydrogen-bond donors (Lipinski definition) is 1. The smallest absolute Gasteiger partial charge is 0.119 e. The molecule has 1 heterocycles. The van der Waals surface area contributed by atoms with Crippen molar-refractivity contribution in [3.05, 3.63) is 36.2 Å². The first-order valence-corrected chi connectivity index (χ1v) is 4.45. The fourth-order valence-corrected chi connectivity index (χ4v) is 1.45. The van der Waals surface area contributed by atoms with E-state index in [-0.39, 0.29) is 0 Å². The highest BCUT2D eigenvalue weighted by Crippen LogP contribution is 2.21.